The van der Waals surface area contributed by atoms with E-state index in [-0.39, 0.29) is 84.2 Å². The number of urea groups is 2. The van der Waals surface area contributed by atoms with Gasteiger partial charge in [0.2, 0.25) is 29.0 Å². The molecule has 8 N–H and O–H groups in total. The van der Waals surface area contributed by atoms with Crippen molar-refractivity contribution in [2.24, 2.45) is 5.41 Å². The number of likely N-dealkylation sites (N-methyl/N-ethyl adjacent to an activating group) is 2. The molecular weight excluding hydrogens is 1230 g/mol. The van der Waals surface area contributed by atoms with E-state index in [9.17, 15) is 49.2 Å². The zero-order valence-electron chi connectivity index (χ0n) is 47.7. The van der Waals surface area contributed by atoms with Gasteiger partial charge in [0.15, 0.2) is 0 Å². The number of hydrogen-bond donors (Lipinski definition) is 8. The van der Waals surface area contributed by atoms with Crippen LogP contribution in [0.3, 0.4) is 0 Å². The maximum Gasteiger partial charge on any atom is 0.343 e. The van der Waals surface area contributed by atoms with Gasteiger partial charge in [-0.1, -0.05) is 70.7 Å². The van der Waals surface area contributed by atoms with E-state index >= 15 is 0 Å². The van der Waals surface area contributed by atoms with Gasteiger partial charge in [0, 0.05) is 102 Å². The average molecular weight is 1300 g/mol. The van der Waals surface area contributed by atoms with Gasteiger partial charge in [0.25, 0.3) is 5.54 Å². The third-order valence-corrected chi connectivity index (χ3v) is 15.9. The van der Waals surface area contributed by atoms with E-state index in [4.69, 9.17) is 74.2 Å². The summed E-state index contributed by atoms with van der Waals surface area (Å²) in [6.45, 7) is 2.10. The van der Waals surface area contributed by atoms with E-state index in [1.54, 1.807) is 17.4 Å². The van der Waals surface area contributed by atoms with Gasteiger partial charge in [-0.25, -0.2) is 19.2 Å². The number of aliphatic carboxylic acids is 4. The first kappa shape index (κ1) is 66.5. The van der Waals surface area contributed by atoms with Gasteiger partial charge >= 0.3 is 35.9 Å². The molecule has 0 fully saturated rings. The number of nitrogens with zero attached hydrogens (tertiary/aromatic N) is 6. The van der Waals surface area contributed by atoms with Crippen molar-refractivity contribution in [2.75, 3.05) is 99.7 Å². The summed E-state index contributed by atoms with van der Waals surface area (Å²) < 4.78 is 34.0. The number of carbonyl (C=O) groups is 6. The van der Waals surface area contributed by atoms with Crippen LogP contribution in [-0.4, -0.2) is 192 Å². The number of aromatic nitrogens is 4. The first-order valence-corrected chi connectivity index (χ1v) is 29.2. The van der Waals surface area contributed by atoms with Crippen LogP contribution in [0.2, 0.25) is 20.1 Å². The fraction of sp³-hybridized carbons (Fsp3) is 0.414. The summed E-state index contributed by atoms with van der Waals surface area (Å²) in [5.74, 6) is -8.54. The number of carboxylic acid groups (broad SMARTS) is 4. The zero-order chi connectivity index (χ0) is 63.1. The third-order valence-electron chi connectivity index (χ3n) is 14.8. The normalized spacial score (nSPS) is 15.2. The number of amides is 4. The zero-order valence-corrected chi connectivity index (χ0v) is 50.7. The van der Waals surface area contributed by atoms with E-state index in [0.29, 0.717) is 63.2 Å². The van der Waals surface area contributed by atoms with E-state index < -0.39 is 59.9 Å². The highest BCUT2D eigenvalue weighted by Crippen LogP contribution is 2.42. The quantitative estimate of drug-likeness (QED) is 0.0171. The lowest BCUT2D eigenvalue weighted by atomic mass is 9.66. The van der Waals surface area contributed by atoms with E-state index in [2.05, 4.69) is 46.1 Å². The van der Waals surface area contributed by atoms with E-state index in [0.717, 1.165) is 57.6 Å². The lowest BCUT2D eigenvalue weighted by molar-refractivity contribution is -0.187. The molecular formula is C58H64Cl4N10O16. The average Bonchev–Trinajstić information content (AvgIpc) is 0.900. The fourth-order valence-corrected chi connectivity index (χ4v) is 11.7. The Hall–Kier alpha value is -7.50. The van der Waals surface area contributed by atoms with Crippen LogP contribution in [0, 0.1) is 5.41 Å². The molecule has 0 saturated heterocycles. The molecule has 2 aliphatic rings. The molecule has 6 aromatic rings. The van der Waals surface area contributed by atoms with Crippen molar-refractivity contribution >= 4 is 82.3 Å². The molecule has 26 nitrogen and oxygen atoms in total. The molecule has 88 heavy (non-hydrogen) atoms. The van der Waals surface area contributed by atoms with Gasteiger partial charge in [-0.3, -0.25) is 9.59 Å². The van der Waals surface area contributed by atoms with Crippen molar-refractivity contribution in [2.45, 2.75) is 49.7 Å². The fourth-order valence-electron chi connectivity index (χ4n) is 10.5. The Balaban J connectivity index is 0.703. The summed E-state index contributed by atoms with van der Waals surface area (Å²) >= 11 is 25.9. The summed E-state index contributed by atoms with van der Waals surface area (Å²) in [5, 5.41) is 68.2. The summed E-state index contributed by atoms with van der Waals surface area (Å²) in [6, 6.07) is 20.6. The first-order valence-electron chi connectivity index (χ1n) is 27.7. The molecule has 0 spiro atoms. The molecule has 4 heterocycles. The number of benzene rings is 4. The molecule has 30 heteroatoms. The minimum atomic E-state index is -4.00. The van der Waals surface area contributed by atoms with Crippen molar-refractivity contribution in [1.29, 1.82) is 0 Å². The Labute approximate surface area is 524 Å². The highest BCUT2D eigenvalue weighted by Gasteiger charge is 2.72. The molecule has 0 saturated carbocycles. The molecule has 0 radical (unpaired) electrons. The molecule has 8 rings (SSSR count). The lowest BCUT2D eigenvalue weighted by Gasteiger charge is -2.39. The molecule has 2 atom stereocenters. The maximum absolute atomic E-state index is 13.0. The second-order valence-corrected chi connectivity index (χ2v) is 22.5. The van der Waals surface area contributed by atoms with Crippen molar-refractivity contribution in [3.05, 3.63) is 138 Å². The summed E-state index contributed by atoms with van der Waals surface area (Å²) in [4.78, 5) is 80.8. The summed E-state index contributed by atoms with van der Waals surface area (Å²) in [5.41, 5.74) is -0.0369. The highest BCUT2D eigenvalue weighted by molar-refractivity contribution is 6.36. The smallest absolute Gasteiger partial charge is 0.343 e. The third kappa shape index (κ3) is 16.0. The van der Waals surface area contributed by atoms with Crippen molar-refractivity contribution in [3.63, 3.8) is 0 Å². The van der Waals surface area contributed by atoms with Gasteiger partial charge in [-0.05, 0) is 102 Å². The molecule has 4 amide bonds. The number of fused-ring (bicyclic) bond motifs is 2. The SMILES string of the molecule is CN1Cc2c(Cl)cc(Cl)cc2[C@H](c2cccc(-c3nnc(CCOCCOCCNC(=O)NCCC(C(=O)O)(C(=O)O)C(NC(=O)NCCOCCOCCc4nnc(-c5cccc([C@@H]6CN(C)Cc7c(Cl)cc(Cl)cc76)c5)o4)(C(=O)O)C(=O)O)o3)c2)C1. The van der Waals surface area contributed by atoms with Gasteiger partial charge in [-0.2, -0.15) is 0 Å². The van der Waals surface area contributed by atoms with Crippen LogP contribution in [-0.2, 0) is 64.1 Å². The Morgan fingerprint density at radius 1 is 0.545 bits per heavy atom. The number of hydrogen-bond acceptors (Lipinski definition) is 18. The van der Waals surface area contributed by atoms with Crippen LogP contribution in [0.5, 0.6) is 0 Å². The number of nitrogens with one attached hydrogen (secondary N) is 4. The molecule has 4 aromatic carbocycles. The predicted molar refractivity (Wildman–Crippen MR) is 318 cm³/mol. The Morgan fingerprint density at radius 2 is 0.966 bits per heavy atom. The molecule has 0 unspecified atom stereocenters. The van der Waals surface area contributed by atoms with Crippen LogP contribution >= 0.6 is 46.4 Å². The minimum Gasteiger partial charge on any atom is -0.480 e. The number of halogens is 4. The van der Waals surface area contributed by atoms with Crippen molar-refractivity contribution in [3.8, 4) is 22.9 Å². The van der Waals surface area contributed by atoms with Crippen LogP contribution in [0.1, 0.15) is 63.4 Å². The molecule has 470 valence electrons. The number of ether oxygens (including phenoxy) is 4. The van der Waals surface area contributed by atoms with E-state index in [1.807, 2.05) is 74.8 Å². The molecule has 0 aliphatic carbocycles. The van der Waals surface area contributed by atoms with E-state index in [1.165, 1.54) is 0 Å². The highest BCUT2D eigenvalue weighted by atomic mass is 35.5. The Kier molecular flexibility index (Phi) is 23.1. The monoisotopic (exact) mass is 1300 g/mol. The van der Waals surface area contributed by atoms with Crippen molar-refractivity contribution in [1.82, 2.24) is 51.5 Å². The summed E-state index contributed by atoms with van der Waals surface area (Å²) in [6.07, 6.45) is -0.739. The second-order valence-electron chi connectivity index (χ2n) is 20.8. The maximum atomic E-state index is 13.0. The largest absolute Gasteiger partial charge is 0.480 e. The lowest BCUT2D eigenvalue weighted by Crippen LogP contribution is -2.75. The van der Waals surface area contributed by atoms with Crippen LogP contribution in [0.25, 0.3) is 22.9 Å². The number of carbonyl (C=O) groups excluding carboxylic acids is 2. The first-order chi connectivity index (χ1) is 42.2. The number of carboxylic acids is 4. The van der Waals surface area contributed by atoms with Crippen LogP contribution in [0.4, 0.5) is 9.59 Å². The van der Waals surface area contributed by atoms with Crippen LogP contribution < -0.4 is 21.3 Å². The Morgan fingerprint density at radius 3 is 1.40 bits per heavy atom. The topological polar surface area (TPSA) is 353 Å². The van der Waals surface area contributed by atoms with Gasteiger partial charge in [0.1, 0.15) is 0 Å². The van der Waals surface area contributed by atoms with Gasteiger partial charge in [-0.15, -0.1) is 20.4 Å². The number of rotatable bonds is 31. The molecule has 2 aromatic heterocycles. The van der Waals surface area contributed by atoms with Gasteiger partial charge < -0.3 is 79.3 Å². The van der Waals surface area contributed by atoms with Gasteiger partial charge in [0.05, 0.1) is 52.9 Å². The Bertz CT molecular complexity index is 3450. The summed E-state index contributed by atoms with van der Waals surface area (Å²) in [7, 11) is 4.07. The van der Waals surface area contributed by atoms with Crippen molar-refractivity contribution < 1.29 is 77.0 Å². The standard InChI is InChI=1S/C58H64Cl4N10O16/c1-71-29-41(39-25-37(59)27-45(61)43(39)31-71)33-5-3-7-35(23-33)49-69-67-47(87-49)9-15-83-19-21-85-17-13-64-55(81)63-12-11-57(51(73)74,52(75)76)58(53(77)78,54(79)80)66-56(82)65-14-18-86-22-20-84-16-10-48-68-70-50(88-48)36-8-4-6-34(24-36)42-30-72(2)32-44-40(42)26-38(60)28-46(44)62/h3-8,23-28,41-42H,9-22,29-32H2,1-2H3,(H,73,74)(H,75,76)(H,77,78)(H,79,80)(H2,63,64,81)(H2,65,66,82)/t41-,42-/m0/s1. The molecule has 0 bridgehead atoms. The minimum absolute atomic E-state index is 0.00375. The second kappa shape index (κ2) is 30.6. The molecule has 2 aliphatic heterocycles. The van der Waals surface area contributed by atoms with Crippen LogP contribution in [0.15, 0.2) is 81.6 Å². The predicted octanol–water partition coefficient (Wildman–Crippen LogP) is 6.46.